The summed E-state index contributed by atoms with van der Waals surface area (Å²) < 4.78 is 0. The second kappa shape index (κ2) is 16.0. The predicted molar refractivity (Wildman–Crippen MR) is 28.6 cm³/mol. The molecule has 0 heterocycles. The fourth-order valence-electron chi connectivity index (χ4n) is 0.214. The van der Waals surface area contributed by atoms with Crippen LogP contribution in [0.4, 0.5) is 0 Å². The Balaban J connectivity index is -0.000000107. The number of carboxylic acids is 1. The van der Waals surface area contributed by atoms with Crippen LogP contribution in [0.25, 0.3) is 0 Å². The van der Waals surface area contributed by atoms with Crippen molar-refractivity contribution in [2.24, 2.45) is 0 Å². The Hall–Kier alpha value is -0.0600. The first-order chi connectivity index (χ1) is 4.18. The van der Waals surface area contributed by atoms with Gasteiger partial charge in [-0.05, 0) is 6.42 Å². The van der Waals surface area contributed by atoms with Crippen LogP contribution in [-0.2, 0) is 9.59 Å². The van der Waals surface area contributed by atoms with E-state index in [1.54, 1.807) is 0 Å². The van der Waals surface area contributed by atoms with E-state index in [1.807, 2.05) is 6.92 Å². The zero-order valence-corrected chi connectivity index (χ0v) is 8.16. The number of aliphatic carboxylic acids is 1. The Bertz CT molecular complexity index is 83.7. The molecule has 5 heteroatoms. The maximum Gasteiger partial charge on any atom is 1.00 e. The normalized spacial score (nSPS) is 6.10. The molecule has 0 amide bonds. The summed E-state index contributed by atoms with van der Waals surface area (Å²) in [6.45, 7) is 1.34. The van der Waals surface area contributed by atoms with Crippen molar-refractivity contribution in [2.45, 2.75) is 19.8 Å². The van der Waals surface area contributed by atoms with Crippen LogP contribution in [0.5, 0.6) is 0 Å². The molecular formula is C5H9NaO4. The Kier molecular flexibility index (Phi) is 26.3. The van der Waals surface area contributed by atoms with Crippen molar-refractivity contribution >= 4 is 12.4 Å². The van der Waals surface area contributed by atoms with Gasteiger partial charge in [0.25, 0.3) is 0 Å². The topological polar surface area (TPSA) is 77.4 Å². The van der Waals surface area contributed by atoms with Gasteiger partial charge in [-0.2, -0.15) is 0 Å². The van der Waals surface area contributed by atoms with Crippen molar-refractivity contribution in [3.63, 3.8) is 0 Å². The SMILES string of the molecule is CCCC(=O)O.O=C[O-].[Na+]. The maximum atomic E-state index is 9.60. The minimum Gasteiger partial charge on any atom is -0.554 e. The van der Waals surface area contributed by atoms with Gasteiger partial charge in [0, 0.05) is 12.9 Å². The van der Waals surface area contributed by atoms with Crippen LogP contribution < -0.4 is 34.7 Å². The first kappa shape index (κ1) is 16.5. The summed E-state index contributed by atoms with van der Waals surface area (Å²) in [5.41, 5.74) is 0. The average Bonchev–Trinajstić information content (AvgIpc) is 1.67. The van der Waals surface area contributed by atoms with E-state index in [-0.39, 0.29) is 29.6 Å². The van der Waals surface area contributed by atoms with Gasteiger partial charge in [0.2, 0.25) is 0 Å². The van der Waals surface area contributed by atoms with Crippen molar-refractivity contribution in [1.82, 2.24) is 0 Å². The van der Waals surface area contributed by atoms with E-state index in [1.165, 1.54) is 0 Å². The monoisotopic (exact) mass is 156 g/mol. The van der Waals surface area contributed by atoms with Gasteiger partial charge in [0.1, 0.15) is 0 Å². The first-order valence-electron chi connectivity index (χ1n) is 2.46. The van der Waals surface area contributed by atoms with Crippen LogP contribution in [0.1, 0.15) is 19.8 Å². The molecule has 54 valence electrons. The van der Waals surface area contributed by atoms with Crippen molar-refractivity contribution < 1.29 is 49.4 Å². The van der Waals surface area contributed by atoms with Gasteiger partial charge in [-0.25, -0.2) is 0 Å². The fourth-order valence-corrected chi connectivity index (χ4v) is 0.214. The summed E-state index contributed by atoms with van der Waals surface area (Å²) in [5, 5.41) is 16.2. The van der Waals surface area contributed by atoms with Crippen molar-refractivity contribution in [1.29, 1.82) is 0 Å². The van der Waals surface area contributed by atoms with E-state index in [4.69, 9.17) is 15.0 Å². The number of rotatable bonds is 2. The number of hydrogen-bond donors (Lipinski definition) is 1. The van der Waals surface area contributed by atoms with Crippen molar-refractivity contribution in [2.75, 3.05) is 0 Å². The molecule has 0 bridgehead atoms. The summed E-state index contributed by atoms with van der Waals surface area (Å²) in [6, 6.07) is 0. The molecule has 0 atom stereocenters. The minimum atomic E-state index is -0.711. The van der Waals surface area contributed by atoms with E-state index in [2.05, 4.69) is 0 Å². The summed E-state index contributed by atoms with van der Waals surface area (Å²) in [4.78, 5) is 17.8. The molecule has 0 aliphatic carbocycles. The Morgan fingerprint density at radius 2 is 2.00 bits per heavy atom. The molecule has 0 aromatic rings. The van der Waals surface area contributed by atoms with Crippen LogP contribution in [0.15, 0.2) is 0 Å². The third kappa shape index (κ3) is 44.2. The van der Waals surface area contributed by atoms with Crippen LogP contribution in [0, 0.1) is 0 Å². The molecular weight excluding hydrogens is 147 g/mol. The van der Waals surface area contributed by atoms with Gasteiger partial charge >= 0.3 is 35.5 Å². The van der Waals surface area contributed by atoms with Crippen molar-refractivity contribution in [3.05, 3.63) is 0 Å². The minimum absolute atomic E-state index is 0. The first-order valence-corrected chi connectivity index (χ1v) is 2.46. The van der Waals surface area contributed by atoms with Crippen LogP contribution in [0.3, 0.4) is 0 Å². The quantitative estimate of drug-likeness (QED) is 0.329. The van der Waals surface area contributed by atoms with Crippen molar-refractivity contribution in [3.8, 4) is 0 Å². The maximum absolute atomic E-state index is 9.60. The molecule has 0 saturated carbocycles. The van der Waals surface area contributed by atoms with Crippen LogP contribution in [0.2, 0.25) is 0 Å². The fraction of sp³-hybridized carbons (Fsp3) is 0.600. The molecule has 4 nitrogen and oxygen atoms in total. The molecule has 0 saturated heterocycles. The third-order valence-electron chi connectivity index (χ3n) is 0.464. The molecule has 1 N–H and O–H groups in total. The molecule has 10 heavy (non-hydrogen) atoms. The van der Waals surface area contributed by atoms with E-state index >= 15 is 0 Å². The van der Waals surface area contributed by atoms with Crippen LogP contribution >= 0.6 is 0 Å². The second-order valence-electron chi connectivity index (χ2n) is 1.24. The zero-order valence-electron chi connectivity index (χ0n) is 6.16. The van der Waals surface area contributed by atoms with E-state index in [0.717, 1.165) is 6.42 Å². The van der Waals surface area contributed by atoms with E-state index in [9.17, 15) is 4.79 Å². The molecule has 0 aromatic heterocycles. The predicted octanol–water partition coefficient (Wildman–Crippen LogP) is -3.76. The molecule has 0 radical (unpaired) electrons. The largest absolute Gasteiger partial charge is 1.00 e. The number of hydrogen-bond acceptors (Lipinski definition) is 3. The standard InChI is InChI=1S/C4H8O2.CH2O2.Na/c1-2-3-4(5)6;2-1-3;/h2-3H2,1H3,(H,5,6);1H,(H,2,3);/q;;+1/p-1. The summed E-state index contributed by atoms with van der Waals surface area (Å²) in [7, 11) is 0. The van der Waals surface area contributed by atoms with Crippen LogP contribution in [-0.4, -0.2) is 17.5 Å². The molecule has 0 unspecified atom stereocenters. The summed E-state index contributed by atoms with van der Waals surface area (Å²) in [5.74, 6) is -0.711. The van der Waals surface area contributed by atoms with E-state index in [0.29, 0.717) is 6.42 Å². The van der Waals surface area contributed by atoms with Gasteiger partial charge in [-0.15, -0.1) is 0 Å². The molecule has 0 aromatic carbocycles. The molecule has 0 fully saturated rings. The number of carbonyl (C=O) groups is 2. The second-order valence-corrected chi connectivity index (χ2v) is 1.24. The van der Waals surface area contributed by atoms with Gasteiger partial charge in [0.05, 0.1) is 0 Å². The third-order valence-corrected chi connectivity index (χ3v) is 0.464. The molecule has 0 rings (SSSR count). The Morgan fingerprint density at radius 3 is 2.00 bits per heavy atom. The molecule has 0 aliphatic heterocycles. The molecule has 0 spiro atoms. The number of carboxylic acid groups (broad SMARTS) is 2. The van der Waals surface area contributed by atoms with Gasteiger partial charge in [-0.1, -0.05) is 6.92 Å². The number of carbonyl (C=O) groups excluding carboxylic acids is 1. The van der Waals surface area contributed by atoms with Gasteiger partial charge < -0.3 is 15.0 Å². The average molecular weight is 156 g/mol. The summed E-state index contributed by atoms with van der Waals surface area (Å²) in [6.07, 6.45) is 1.02. The molecule has 0 aliphatic rings. The Labute approximate surface area is 81.5 Å². The van der Waals surface area contributed by atoms with E-state index < -0.39 is 12.4 Å². The van der Waals surface area contributed by atoms with Gasteiger partial charge in [-0.3, -0.25) is 4.79 Å². The summed E-state index contributed by atoms with van der Waals surface area (Å²) >= 11 is 0. The Morgan fingerprint density at radius 1 is 1.70 bits per heavy atom. The van der Waals surface area contributed by atoms with Gasteiger partial charge in [0.15, 0.2) is 0 Å². The zero-order chi connectivity index (χ0) is 7.70. The smallest absolute Gasteiger partial charge is 0.554 e.